The molecule has 114 valence electrons. The largest absolute Gasteiger partial charge is 0.573 e. The van der Waals surface area contributed by atoms with Crippen LogP contribution in [0.3, 0.4) is 0 Å². The zero-order chi connectivity index (χ0) is 16.0. The minimum absolute atomic E-state index is 0.328. The van der Waals surface area contributed by atoms with E-state index in [9.17, 15) is 18.0 Å². The Hall–Kier alpha value is -2.90. The number of hydrogen-bond acceptors (Lipinski definition) is 4. The van der Waals surface area contributed by atoms with Gasteiger partial charge in [-0.1, -0.05) is 0 Å². The number of aromatic nitrogens is 1. The number of carbonyl (C=O) groups excluding carboxylic acids is 1. The number of pyridine rings is 1. The lowest BCUT2D eigenvalue weighted by Crippen LogP contribution is -2.17. The minimum Gasteiger partial charge on any atom is -0.406 e. The third kappa shape index (κ3) is 4.89. The van der Waals surface area contributed by atoms with Gasteiger partial charge in [0, 0.05) is 18.0 Å². The molecule has 0 aliphatic carbocycles. The molecule has 1 amide bonds. The second-order valence-electron chi connectivity index (χ2n) is 4.05. The van der Waals surface area contributed by atoms with Crippen LogP contribution in [0.4, 0.5) is 13.2 Å². The van der Waals surface area contributed by atoms with Crippen LogP contribution < -0.4 is 10.2 Å². The number of alkyl halides is 3. The number of halogens is 3. The van der Waals surface area contributed by atoms with Crippen molar-refractivity contribution in [3.05, 3.63) is 59.9 Å². The molecule has 0 aliphatic heterocycles. The molecular weight excluding hydrogens is 299 g/mol. The van der Waals surface area contributed by atoms with Crippen molar-refractivity contribution in [1.29, 1.82) is 0 Å². The van der Waals surface area contributed by atoms with E-state index in [0.717, 1.165) is 12.1 Å². The highest BCUT2D eigenvalue weighted by atomic mass is 19.4. The Labute approximate surface area is 123 Å². The van der Waals surface area contributed by atoms with Crippen molar-refractivity contribution in [2.24, 2.45) is 5.10 Å². The lowest BCUT2D eigenvalue weighted by Gasteiger charge is -2.08. The average Bonchev–Trinajstić information content (AvgIpc) is 2.48. The molecule has 1 N–H and O–H groups in total. The maximum Gasteiger partial charge on any atom is 0.573 e. The molecule has 0 radical (unpaired) electrons. The van der Waals surface area contributed by atoms with Gasteiger partial charge in [0.05, 0.1) is 6.21 Å². The Balaban J connectivity index is 1.92. The summed E-state index contributed by atoms with van der Waals surface area (Å²) in [5.41, 5.74) is 3.19. The molecule has 8 heteroatoms. The first kappa shape index (κ1) is 15.5. The van der Waals surface area contributed by atoms with E-state index in [-0.39, 0.29) is 5.75 Å². The van der Waals surface area contributed by atoms with Crippen LogP contribution in [0, 0.1) is 0 Å². The molecular formula is C14H10F3N3O2. The number of nitrogens with zero attached hydrogens (tertiary/aromatic N) is 2. The molecule has 0 unspecified atom stereocenters. The van der Waals surface area contributed by atoms with Gasteiger partial charge in [-0.2, -0.15) is 5.10 Å². The van der Waals surface area contributed by atoms with E-state index in [0.29, 0.717) is 11.1 Å². The zero-order valence-electron chi connectivity index (χ0n) is 11.0. The SMILES string of the molecule is O=C(N/N=C\c1ccc(OC(F)(F)F)cc1)c1ccncc1. The van der Waals surface area contributed by atoms with Crippen LogP contribution in [0.25, 0.3) is 0 Å². The molecule has 0 bridgehead atoms. The van der Waals surface area contributed by atoms with Gasteiger partial charge in [0.1, 0.15) is 5.75 Å². The molecule has 5 nitrogen and oxygen atoms in total. The van der Waals surface area contributed by atoms with E-state index in [1.165, 1.54) is 42.9 Å². The number of nitrogens with one attached hydrogen (secondary N) is 1. The fourth-order valence-electron chi connectivity index (χ4n) is 1.49. The molecule has 1 aromatic heterocycles. The average molecular weight is 309 g/mol. The van der Waals surface area contributed by atoms with Gasteiger partial charge in [-0.15, -0.1) is 13.2 Å². The van der Waals surface area contributed by atoms with Gasteiger partial charge in [-0.3, -0.25) is 9.78 Å². The van der Waals surface area contributed by atoms with Crippen LogP contribution >= 0.6 is 0 Å². The molecule has 0 spiro atoms. The summed E-state index contributed by atoms with van der Waals surface area (Å²) in [6, 6.07) is 8.10. The number of amides is 1. The fraction of sp³-hybridized carbons (Fsp3) is 0.0714. The molecule has 0 aliphatic rings. The molecule has 0 saturated carbocycles. The molecule has 0 atom stereocenters. The molecule has 1 heterocycles. The standard InChI is InChI=1S/C14H10F3N3O2/c15-14(16,17)22-12-3-1-10(2-4-12)9-19-20-13(21)11-5-7-18-8-6-11/h1-9H,(H,20,21)/b19-9-. The van der Waals surface area contributed by atoms with E-state index in [1.807, 2.05) is 0 Å². The maximum absolute atomic E-state index is 12.0. The van der Waals surface area contributed by atoms with Gasteiger partial charge < -0.3 is 4.74 Å². The Morgan fingerprint density at radius 2 is 1.77 bits per heavy atom. The van der Waals surface area contributed by atoms with Gasteiger partial charge in [-0.25, -0.2) is 5.43 Å². The maximum atomic E-state index is 12.0. The van der Waals surface area contributed by atoms with Gasteiger partial charge in [0.25, 0.3) is 5.91 Å². The number of benzene rings is 1. The highest BCUT2D eigenvalue weighted by Crippen LogP contribution is 2.22. The third-order valence-corrected chi connectivity index (χ3v) is 2.44. The van der Waals surface area contributed by atoms with E-state index < -0.39 is 12.3 Å². The van der Waals surface area contributed by atoms with Crippen LogP contribution in [0.5, 0.6) is 5.75 Å². The van der Waals surface area contributed by atoms with Crippen molar-refractivity contribution in [3.8, 4) is 5.75 Å². The van der Waals surface area contributed by atoms with Crippen molar-refractivity contribution in [2.45, 2.75) is 6.36 Å². The highest BCUT2D eigenvalue weighted by Gasteiger charge is 2.30. The second-order valence-corrected chi connectivity index (χ2v) is 4.05. The van der Waals surface area contributed by atoms with Gasteiger partial charge in [0.2, 0.25) is 0 Å². The van der Waals surface area contributed by atoms with Crippen LogP contribution in [0.15, 0.2) is 53.9 Å². The van der Waals surface area contributed by atoms with Crippen molar-refractivity contribution in [2.75, 3.05) is 0 Å². The van der Waals surface area contributed by atoms with Crippen LogP contribution in [0.2, 0.25) is 0 Å². The Bertz CT molecular complexity index is 655. The predicted molar refractivity (Wildman–Crippen MR) is 72.4 cm³/mol. The van der Waals surface area contributed by atoms with Crippen LogP contribution in [-0.2, 0) is 0 Å². The smallest absolute Gasteiger partial charge is 0.406 e. The summed E-state index contributed by atoms with van der Waals surface area (Å²) in [4.78, 5) is 15.4. The molecule has 2 rings (SSSR count). The van der Waals surface area contributed by atoms with Gasteiger partial charge in [-0.05, 0) is 42.0 Å². The number of hydrazone groups is 1. The van der Waals surface area contributed by atoms with E-state index in [4.69, 9.17) is 0 Å². The topological polar surface area (TPSA) is 63.6 Å². The number of ether oxygens (including phenoxy) is 1. The first-order valence-electron chi connectivity index (χ1n) is 6.03. The first-order chi connectivity index (χ1) is 10.4. The zero-order valence-corrected chi connectivity index (χ0v) is 11.0. The van der Waals surface area contributed by atoms with Crippen LogP contribution in [-0.4, -0.2) is 23.5 Å². The summed E-state index contributed by atoms with van der Waals surface area (Å²) in [5.74, 6) is -0.749. The van der Waals surface area contributed by atoms with E-state index in [1.54, 1.807) is 0 Å². The quantitative estimate of drug-likeness (QED) is 0.697. The summed E-state index contributed by atoms with van der Waals surface area (Å²) >= 11 is 0. The summed E-state index contributed by atoms with van der Waals surface area (Å²) < 4.78 is 39.7. The number of hydrogen-bond donors (Lipinski definition) is 1. The van der Waals surface area contributed by atoms with E-state index in [2.05, 4.69) is 20.2 Å². The lowest BCUT2D eigenvalue weighted by atomic mass is 10.2. The van der Waals surface area contributed by atoms with E-state index >= 15 is 0 Å². The summed E-state index contributed by atoms with van der Waals surface area (Å²) in [5, 5.41) is 3.71. The molecule has 22 heavy (non-hydrogen) atoms. The van der Waals surface area contributed by atoms with Crippen molar-refractivity contribution >= 4 is 12.1 Å². The van der Waals surface area contributed by atoms with Gasteiger partial charge in [0.15, 0.2) is 0 Å². The van der Waals surface area contributed by atoms with Gasteiger partial charge >= 0.3 is 6.36 Å². The summed E-state index contributed by atoms with van der Waals surface area (Å²) in [6.07, 6.45) is -0.486. The van der Waals surface area contributed by atoms with Crippen molar-refractivity contribution in [1.82, 2.24) is 10.4 Å². The summed E-state index contributed by atoms with van der Waals surface area (Å²) in [7, 11) is 0. The lowest BCUT2D eigenvalue weighted by molar-refractivity contribution is -0.274. The second kappa shape index (κ2) is 6.70. The normalized spacial score (nSPS) is 11.4. The highest BCUT2D eigenvalue weighted by molar-refractivity contribution is 5.94. The van der Waals surface area contributed by atoms with Crippen molar-refractivity contribution < 1.29 is 22.7 Å². The number of carbonyl (C=O) groups is 1. The Kier molecular flexibility index (Phi) is 4.72. The van der Waals surface area contributed by atoms with Crippen LogP contribution in [0.1, 0.15) is 15.9 Å². The first-order valence-corrected chi connectivity index (χ1v) is 6.03. The Morgan fingerprint density at radius 3 is 2.36 bits per heavy atom. The monoisotopic (exact) mass is 309 g/mol. The molecule has 0 saturated heterocycles. The molecule has 1 aromatic carbocycles. The fourth-order valence-corrected chi connectivity index (χ4v) is 1.49. The predicted octanol–water partition coefficient (Wildman–Crippen LogP) is 2.74. The minimum atomic E-state index is -4.73. The summed E-state index contributed by atoms with van der Waals surface area (Å²) in [6.45, 7) is 0. The molecule has 2 aromatic rings. The molecule has 0 fully saturated rings. The number of rotatable bonds is 4. The Morgan fingerprint density at radius 1 is 1.14 bits per heavy atom. The van der Waals surface area contributed by atoms with Crippen molar-refractivity contribution in [3.63, 3.8) is 0 Å². The third-order valence-electron chi connectivity index (χ3n) is 2.44.